The first-order chi connectivity index (χ1) is 7.36. The van der Waals surface area contributed by atoms with Crippen molar-refractivity contribution in [3.63, 3.8) is 0 Å². The number of rotatable bonds is 8. The van der Waals surface area contributed by atoms with Gasteiger partial charge in [-0.3, -0.25) is 0 Å². The van der Waals surface area contributed by atoms with E-state index in [1.807, 2.05) is 24.1 Å². The van der Waals surface area contributed by atoms with Crippen LogP contribution in [0.3, 0.4) is 0 Å². The van der Waals surface area contributed by atoms with Crippen LogP contribution in [0.25, 0.3) is 0 Å². The maximum atomic E-state index is 8.51. The molecule has 0 atom stereocenters. The van der Waals surface area contributed by atoms with Gasteiger partial charge in [0.2, 0.25) is 0 Å². The van der Waals surface area contributed by atoms with Crippen molar-refractivity contribution >= 4 is 0 Å². The van der Waals surface area contributed by atoms with Gasteiger partial charge in [0.05, 0.1) is 31.8 Å². The fourth-order valence-corrected chi connectivity index (χ4v) is 1.25. The Morgan fingerprint density at radius 2 is 2.40 bits per heavy atom. The number of aromatic nitrogens is 2. The van der Waals surface area contributed by atoms with Crippen molar-refractivity contribution in [3.8, 4) is 0 Å². The van der Waals surface area contributed by atoms with E-state index >= 15 is 0 Å². The predicted octanol–water partition coefficient (Wildman–Crippen LogP) is -0.346. The van der Waals surface area contributed by atoms with Gasteiger partial charge in [-0.25, -0.2) is 4.98 Å². The molecular formula is C10H19N3O2. The molecule has 0 radical (unpaired) electrons. The molecule has 0 aromatic carbocycles. The van der Waals surface area contributed by atoms with Crippen LogP contribution in [0, 0.1) is 0 Å². The van der Waals surface area contributed by atoms with Gasteiger partial charge in [0.25, 0.3) is 0 Å². The van der Waals surface area contributed by atoms with E-state index in [2.05, 4.69) is 10.3 Å². The molecule has 0 saturated heterocycles. The summed E-state index contributed by atoms with van der Waals surface area (Å²) >= 11 is 0. The summed E-state index contributed by atoms with van der Waals surface area (Å²) < 4.78 is 7.17. The Bertz CT molecular complexity index is 263. The first-order valence-corrected chi connectivity index (χ1v) is 5.20. The minimum Gasteiger partial charge on any atom is -0.394 e. The molecule has 0 bridgehead atoms. The third-order valence-corrected chi connectivity index (χ3v) is 2.05. The predicted molar refractivity (Wildman–Crippen MR) is 57.8 cm³/mol. The van der Waals surface area contributed by atoms with Crippen molar-refractivity contribution in [2.75, 3.05) is 33.4 Å². The van der Waals surface area contributed by atoms with Gasteiger partial charge in [-0.2, -0.15) is 0 Å². The van der Waals surface area contributed by atoms with Crippen LogP contribution in [0.5, 0.6) is 0 Å². The second-order valence-corrected chi connectivity index (χ2v) is 3.29. The first kappa shape index (κ1) is 12.2. The highest BCUT2D eigenvalue weighted by atomic mass is 16.5. The fraction of sp³-hybridized carbons (Fsp3) is 0.700. The number of nitrogens with zero attached hydrogens (tertiary/aromatic N) is 2. The molecule has 1 heterocycles. The Kier molecular flexibility index (Phi) is 5.99. The summed E-state index contributed by atoms with van der Waals surface area (Å²) in [6, 6.07) is 0. The number of imidazole rings is 1. The smallest absolute Gasteiger partial charge is 0.0950 e. The van der Waals surface area contributed by atoms with E-state index in [9.17, 15) is 0 Å². The third kappa shape index (κ3) is 4.92. The number of ether oxygens (including phenoxy) is 1. The van der Waals surface area contributed by atoms with E-state index in [1.165, 1.54) is 0 Å². The van der Waals surface area contributed by atoms with E-state index in [1.54, 1.807) is 0 Å². The van der Waals surface area contributed by atoms with Crippen LogP contribution in [-0.4, -0.2) is 48.1 Å². The normalized spacial score (nSPS) is 10.8. The zero-order valence-corrected chi connectivity index (χ0v) is 9.15. The van der Waals surface area contributed by atoms with Crippen molar-refractivity contribution < 1.29 is 9.84 Å². The lowest BCUT2D eigenvalue weighted by Gasteiger charge is -2.02. The second kappa shape index (κ2) is 7.39. The van der Waals surface area contributed by atoms with Crippen LogP contribution in [0.1, 0.15) is 5.69 Å². The van der Waals surface area contributed by atoms with Gasteiger partial charge in [-0.05, 0) is 7.05 Å². The number of likely N-dealkylation sites (N-methyl/N-ethyl adjacent to an activating group) is 1. The Hall–Kier alpha value is -0.910. The Balaban J connectivity index is 2.20. The van der Waals surface area contributed by atoms with Crippen LogP contribution < -0.4 is 5.32 Å². The highest BCUT2D eigenvalue weighted by Crippen LogP contribution is 1.96. The van der Waals surface area contributed by atoms with E-state index in [0.717, 1.165) is 25.2 Å². The summed E-state index contributed by atoms with van der Waals surface area (Å²) in [6.07, 6.45) is 4.79. The van der Waals surface area contributed by atoms with Gasteiger partial charge in [0.1, 0.15) is 0 Å². The van der Waals surface area contributed by atoms with Crippen molar-refractivity contribution in [1.82, 2.24) is 14.9 Å². The molecule has 0 amide bonds. The third-order valence-electron chi connectivity index (χ3n) is 2.05. The van der Waals surface area contributed by atoms with E-state index in [4.69, 9.17) is 9.84 Å². The number of aliphatic hydroxyl groups is 1. The SMILES string of the molecule is CNCCc1cn(CCOCCO)cn1. The molecule has 1 rings (SSSR count). The number of aliphatic hydroxyl groups excluding tert-OH is 1. The minimum absolute atomic E-state index is 0.0807. The number of nitrogens with one attached hydrogen (secondary N) is 1. The van der Waals surface area contributed by atoms with Gasteiger partial charge in [-0.1, -0.05) is 0 Å². The van der Waals surface area contributed by atoms with E-state index in [-0.39, 0.29) is 6.61 Å². The lowest BCUT2D eigenvalue weighted by atomic mass is 10.3. The maximum absolute atomic E-state index is 8.51. The molecule has 1 aromatic heterocycles. The molecule has 1 aromatic rings. The van der Waals surface area contributed by atoms with Crippen LogP contribution in [0.4, 0.5) is 0 Å². The standard InChI is InChI=1S/C10H19N3O2/c1-11-3-2-10-8-13(9-12-10)4-6-15-7-5-14/h8-9,11,14H,2-7H2,1H3. The Labute approximate surface area is 90.1 Å². The van der Waals surface area contributed by atoms with Crippen LogP contribution in [-0.2, 0) is 17.7 Å². The average Bonchev–Trinajstić information content (AvgIpc) is 2.69. The molecule has 0 aliphatic carbocycles. The van der Waals surface area contributed by atoms with Crippen molar-refractivity contribution in [3.05, 3.63) is 18.2 Å². The maximum Gasteiger partial charge on any atom is 0.0950 e. The largest absolute Gasteiger partial charge is 0.394 e. The summed E-state index contributed by atoms with van der Waals surface area (Å²) in [7, 11) is 1.93. The van der Waals surface area contributed by atoms with Gasteiger partial charge < -0.3 is 19.7 Å². The van der Waals surface area contributed by atoms with Crippen molar-refractivity contribution in [1.29, 1.82) is 0 Å². The zero-order chi connectivity index (χ0) is 10.9. The van der Waals surface area contributed by atoms with Crippen molar-refractivity contribution in [2.45, 2.75) is 13.0 Å². The molecule has 0 aliphatic rings. The van der Waals surface area contributed by atoms with Gasteiger partial charge in [-0.15, -0.1) is 0 Å². The summed E-state index contributed by atoms with van der Waals surface area (Å²) in [5, 5.41) is 11.6. The van der Waals surface area contributed by atoms with Crippen LogP contribution >= 0.6 is 0 Å². The molecule has 0 unspecified atom stereocenters. The van der Waals surface area contributed by atoms with Crippen LogP contribution in [0.2, 0.25) is 0 Å². The molecule has 0 fully saturated rings. The highest BCUT2D eigenvalue weighted by molar-refractivity contribution is 4.97. The number of hydrogen-bond donors (Lipinski definition) is 2. The average molecular weight is 213 g/mol. The van der Waals surface area contributed by atoms with Gasteiger partial charge in [0.15, 0.2) is 0 Å². The molecule has 5 nitrogen and oxygen atoms in total. The zero-order valence-electron chi connectivity index (χ0n) is 9.15. The van der Waals surface area contributed by atoms with Crippen molar-refractivity contribution in [2.24, 2.45) is 0 Å². The molecule has 2 N–H and O–H groups in total. The molecular weight excluding hydrogens is 194 g/mol. The van der Waals surface area contributed by atoms with E-state index < -0.39 is 0 Å². The second-order valence-electron chi connectivity index (χ2n) is 3.29. The van der Waals surface area contributed by atoms with E-state index in [0.29, 0.717) is 13.2 Å². The summed E-state index contributed by atoms with van der Waals surface area (Å²) in [5.41, 5.74) is 1.09. The lowest BCUT2D eigenvalue weighted by molar-refractivity contribution is 0.0870. The topological polar surface area (TPSA) is 59.3 Å². The Morgan fingerprint density at radius 3 is 3.13 bits per heavy atom. The molecule has 5 heteroatoms. The lowest BCUT2D eigenvalue weighted by Crippen LogP contribution is -2.10. The van der Waals surface area contributed by atoms with Gasteiger partial charge >= 0.3 is 0 Å². The molecule has 0 spiro atoms. The quantitative estimate of drug-likeness (QED) is 0.580. The monoisotopic (exact) mass is 213 g/mol. The Morgan fingerprint density at radius 1 is 1.53 bits per heavy atom. The summed E-state index contributed by atoms with van der Waals surface area (Å²) in [5.74, 6) is 0. The summed E-state index contributed by atoms with van der Waals surface area (Å²) in [4.78, 5) is 4.27. The molecule has 0 aliphatic heterocycles. The summed E-state index contributed by atoms with van der Waals surface area (Å²) in [6.45, 7) is 2.83. The number of hydrogen-bond acceptors (Lipinski definition) is 4. The highest BCUT2D eigenvalue weighted by Gasteiger charge is 1.97. The molecule has 86 valence electrons. The fourth-order valence-electron chi connectivity index (χ4n) is 1.25. The first-order valence-electron chi connectivity index (χ1n) is 5.20. The van der Waals surface area contributed by atoms with Gasteiger partial charge in [0, 0.05) is 25.7 Å². The minimum atomic E-state index is 0.0807. The molecule has 0 saturated carbocycles. The van der Waals surface area contributed by atoms with Crippen LogP contribution in [0.15, 0.2) is 12.5 Å². The molecule has 15 heavy (non-hydrogen) atoms.